The van der Waals surface area contributed by atoms with Crippen molar-refractivity contribution in [3.05, 3.63) is 54.5 Å². The Morgan fingerprint density at radius 1 is 1.04 bits per heavy atom. The molecule has 0 amide bonds. The highest BCUT2D eigenvalue weighted by molar-refractivity contribution is 5.85. The zero-order chi connectivity index (χ0) is 16.4. The lowest BCUT2D eigenvalue weighted by atomic mass is 9.99. The van der Waals surface area contributed by atoms with Gasteiger partial charge in [0.2, 0.25) is 0 Å². The van der Waals surface area contributed by atoms with Crippen LogP contribution in [-0.4, -0.2) is 15.1 Å². The highest BCUT2D eigenvalue weighted by Gasteiger charge is 2.36. The molecule has 3 aromatic rings. The second-order valence-electron chi connectivity index (χ2n) is 6.08. The van der Waals surface area contributed by atoms with Crippen molar-refractivity contribution in [2.45, 2.75) is 31.2 Å². The van der Waals surface area contributed by atoms with E-state index in [0.29, 0.717) is 23.2 Å². The summed E-state index contributed by atoms with van der Waals surface area (Å²) in [7, 11) is 0. The number of hydrogen-bond acceptors (Lipinski definition) is 6. The first-order valence-corrected chi connectivity index (χ1v) is 8.05. The monoisotopic (exact) mass is 358 g/mol. The van der Waals surface area contributed by atoms with Crippen molar-refractivity contribution in [3.63, 3.8) is 0 Å². The van der Waals surface area contributed by atoms with E-state index in [1.165, 1.54) is 0 Å². The Kier molecular flexibility index (Phi) is 5.01. The van der Waals surface area contributed by atoms with E-state index in [4.69, 9.17) is 15.0 Å². The number of para-hydroxylation sites is 1. The van der Waals surface area contributed by atoms with Crippen molar-refractivity contribution >= 4 is 12.4 Å². The molecule has 0 unspecified atom stereocenters. The van der Waals surface area contributed by atoms with Crippen LogP contribution in [0, 0.1) is 0 Å². The molecule has 0 atom stereocenters. The van der Waals surface area contributed by atoms with Crippen LogP contribution in [0.4, 0.5) is 0 Å². The third kappa shape index (κ3) is 3.65. The first-order chi connectivity index (χ1) is 11.7. The molecular weight excluding hydrogens is 340 g/mol. The average molecular weight is 359 g/mol. The summed E-state index contributed by atoms with van der Waals surface area (Å²) in [4.78, 5) is 8.76. The normalized spacial score (nSPS) is 15.6. The maximum absolute atomic E-state index is 6.37. The summed E-state index contributed by atoms with van der Waals surface area (Å²) in [5.74, 6) is 2.34. The van der Waals surface area contributed by atoms with Gasteiger partial charge in [-0.2, -0.15) is 4.98 Å². The highest BCUT2D eigenvalue weighted by atomic mass is 35.5. The van der Waals surface area contributed by atoms with Gasteiger partial charge < -0.3 is 15.0 Å². The summed E-state index contributed by atoms with van der Waals surface area (Å²) in [5.41, 5.74) is 6.47. The SMILES string of the molecule is Cl.NC1(c2noc(-c3cc(Oc4ccccc4)ccn3)n2)CCCC1. The second kappa shape index (κ2) is 7.21. The number of ether oxygens (including phenoxy) is 1. The summed E-state index contributed by atoms with van der Waals surface area (Å²) in [6, 6.07) is 13.1. The van der Waals surface area contributed by atoms with E-state index in [1.807, 2.05) is 30.3 Å². The number of pyridine rings is 1. The van der Waals surface area contributed by atoms with Crippen molar-refractivity contribution in [2.75, 3.05) is 0 Å². The number of nitrogens with two attached hydrogens (primary N) is 1. The lowest BCUT2D eigenvalue weighted by Crippen LogP contribution is -2.34. The van der Waals surface area contributed by atoms with Gasteiger partial charge in [0.1, 0.15) is 17.2 Å². The standard InChI is InChI=1S/C18H18N4O2.ClH/c19-18(9-4-5-10-18)17-21-16(24-22-17)15-12-14(8-11-20-15)23-13-6-2-1-3-7-13;/h1-3,6-8,11-12H,4-5,9-10,19H2;1H. The van der Waals surface area contributed by atoms with E-state index in [-0.39, 0.29) is 12.4 Å². The average Bonchev–Trinajstić information content (AvgIpc) is 3.26. The molecule has 0 aliphatic heterocycles. The number of nitrogens with zero attached hydrogens (tertiary/aromatic N) is 3. The van der Waals surface area contributed by atoms with Crippen LogP contribution in [0.3, 0.4) is 0 Å². The Morgan fingerprint density at radius 3 is 2.56 bits per heavy atom. The van der Waals surface area contributed by atoms with E-state index in [0.717, 1.165) is 31.4 Å². The largest absolute Gasteiger partial charge is 0.457 e. The summed E-state index contributed by atoms with van der Waals surface area (Å²) >= 11 is 0. The fourth-order valence-corrected chi connectivity index (χ4v) is 2.98. The quantitative estimate of drug-likeness (QED) is 0.756. The number of halogens is 1. The molecule has 2 N–H and O–H groups in total. The smallest absolute Gasteiger partial charge is 0.276 e. The van der Waals surface area contributed by atoms with Gasteiger partial charge in [0.05, 0.1) is 5.54 Å². The van der Waals surface area contributed by atoms with Gasteiger partial charge in [0.15, 0.2) is 5.82 Å². The van der Waals surface area contributed by atoms with Gasteiger partial charge in [0, 0.05) is 12.3 Å². The highest BCUT2D eigenvalue weighted by Crippen LogP contribution is 2.35. The zero-order valence-electron chi connectivity index (χ0n) is 13.6. The third-order valence-corrected chi connectivity index (χ3v) is 4.30. The van der Waals surface area contributed by atoms with E-state index in [1.54, 1.807) is 18.3 Å². The van der Waals surface area contributed by atoms with Gasteiger partial charge in [0.25, 0.3) is 5.89 Å². The molecular formula is C18H19ClN4O2. The lowest BCUT2D eigenvalue weighted by Gasteiger charge is -2.17. The number of benzene rings is 1. The van der Waals surface area contributed by atoms with E-state index < -0.39 is 5.54 Å². The minimum absolute atomic E-state index is 0. The van der Waals surface area contributed by atoms with Crippen molar-refractivity contribution < 1.29 is 9.26 Å². The van der Waals surface area contributed by atoms with Gasteiger partial charge in [-0.05, 0) is 31.0 Å². The van der Waals surface area contributed by atoms with Gasteiger partial charge in [-0.3, -0.25) is 4.98 Å². The Bertz CT molecular complexity index is 832. The summed E-state index contributed by atoms with van der Waals surface area (Å²) in [6.07, 6.45) is 5.62. The van der Waals surface area contributed by atoms with E-state index >= 15 is 0 Å². The zero-order valence-corrected chi connectivity index (χ0v) is 14.4. The molecule has 1 saturated carbocycles. The maximum Gasteiger partial charge on any atom is 0.276 e. The molecule has 1 aromatic carbocycles. The Labute approximate surface area is 151 Å². The molecule has 1 aliphatic rings. The molecule has 130 valence electrons. The van der Waals surface area contributed by atoms with Crippen LogP contribution < -0.4 is 10.5 Å². The fraction of sp³-hybridized carbons (Fsp3) is 0.278. The Balaban J connectivity index is 0.00000182. The summed E-state index contributed by atoms with van der Waals surface area (Å²) < 4.78 is 11.2. The van der Waals surface area contributed by atoms with Crippen LogP contribution >= 0.6 is 12.4 Å². The van der Waals surface area contributed by atoms with Crippen LogP contribution in [0.15, 0.2) is 53.2 Å². The van der Waals surface area contributed by atoms with Gasteiger partial charge in [-0.1, -0.05) is 36.2 Å². The van der Waals surface area contributed by atoms with Gasteiger partial charge in [-0.25, -0.2) is 0 Å². The van der Waals surface area contributed by atoms with Crippen LogP contribution in [-0.2, 0) is 5.54 Å². The van der Waals surface area contributed by atoms with Crippen molar-refractivity contribution in [3.8, 4) is 23.1 Å². The molecule has 0 spiro atoms. The predicted octanol–water partition coefficient (Wildman–Crippen LogP) is 4.07. The summed E-state index contributed by atoms with van der Waals surface area (Å²) in [6.45, 7) is 0. The first kappa shape index (κ1) is 17.4. The molecule has 6 nitrogen and oxygen atoms in total. The lowest BCUT2D eigenvalue weighted by molar-refractivity contribution is 0.372. The van der Waals surface area contributed by atoms with Gasteiger partial charge >= 0.3 is 0 Å². The molecule has 2 heterocycles. The maximum atomic E-state index is 6.37. The molecule has 1 aliphatic carbocycles. The van der Waals surface area contributed by atoms with Crippen LogP contribution in [0.2, 0.25) is 0 Å². The topological polar surface area (TPSA) is 87.1 Å². The molecule has 4 rings (SSSR count). The Hall–Kier alpha value is -2.44. The van der Waals surface area contributed by atoms with Crippen LogP contribution in [0.25, 0.3) is 11.6 Å². The van der Waals surface area contributed by atoms with Crippen molar-refractivity contribution in [1.29, 1.82) is 0 Å². The minimum atomic E-state index is -0.472. The molecule has 0 saturated heterocycles. The fourth-order valence-electron chi connectivity index (χ4n) is 2.98. The van der Waals surface area contributed by atoms with Crippen LogP contribution in [0.5, 0.6) is 11.5 Å². The summed E-state index contributed by atoms with van der Waals surface area (Å²) in [5, 5.41) is 4.07. The van der Waals surface area contributed by atoms with Gasteiger partial charge in [-0.15, -0.1) is 12.4 Å². The molecule has 1 fully saturated rings. The van der Waals surface area contributed by atoms with E-state index in [9.17, 15) is 0 Å². The van der Waals surface area contributed by atoms with Crippen molar-refractivity contribution in [1.82, 2.24) is 15.1 Å². The number of hydrogen-bond donors (Lipinski definition) is 1. The number of aromatic nitrogens is 3. The molecule has 2 aromatic heterocycles. The minimum Gasteiger partial charge on any atom is -0.457 e. The molecule has 0 radical (unpaired) electrons. The Morgan fingerprint density at radius 2 is 1.80 bits per heavy atom. The third-order valence-electron chi connectivity index (χ3n) is 4.30. The second-order valence-corrected chi connectivity index (χ2v) is 6.08. The molecule has 0 bridgehead atoms. The van der Waals surface area contributed by atoms with Crippen LogP contribution in [0.1, 0.15) is 31.5 Å². The molecule has 7 heteroatoms. The van der Waals surface area contributed by atoms with E-state index in [2.05, 4.69) is 15.1 Å². The first-order valence-electron chi connectivity index (χ1n) is 8.05. The number of rotatable bonds is 4. The predicted molar refractivity (Wildman–Crippen MR) is 95.6 cm³/mol. The van der Waals surface area contributed by atoms with Crippen molar-refractivity contribution in [2.24, 2.45) is 5.73 Å². The molecule has 25 heavy (non-hydrogen) atoms.